The van der Waals surface area contributed by atoms with Crippen LogP contribution in [0.1, 0.15) is 39.5 Å². The Morgan fingerprint density at radius 2 is 1.81 bits per heavy atom. The van der Waals surface area contributed by atoms with E-state index in [1.165, 1.54) is 19.1 Å². The van der Waals surface area contributed by atoms with Crippen LogP contribution in [0.3, 0.4) is 0 Å². The van der Waals surface area contributed by atoms with Crippen molar-refractivity contribution in [2.75, 3.05) is 27.2 Å². The molecule has 7 nitrogen and oxygen atoms in total. The van der Waals surface area contributed by atoms with Crippen molar-refractivity contribution >= 4 is 17.9 Å². The van der Waals surface area contributed by atoms with Gasteiger partial charge in [-0.05, 0) is 46.8 Å². The van der Waals surface area contributed by atoms with Crippen LogP contribution in [-0.2, 0) is 19.1 Å². The summed E-state index contributed by atoms with van der Waals surface area (Å²) in [6, 6.07) is 0. The van der Waals surface area contributed by atoms with Crippen LogP contribution in [0.4, 0.5) is 0 Å². The highest BCUT2D eigenvalue weighted by Gasteiger charge is 2.21. The predicted molar refractivity (Wildman–Crippen MR) is 103 cm³/mol. The van der Waals surface area contributed by atoms with Crippen molar-refractivity contribution in [2.24, 2.45) is 5.92 Å². The first-order chi connectivity index (χ1) is 12.6. The van der Waals surface area contributed by atoms with Gasteiger partial charge in [-0.2, -0.15) is 0 Å². The molecule has 0 fully saturated rings. The molecule has 0 aliphatic heterocycles. The van der Waals surface area contributed by atoms with Crippen LogP contribution in [0, 0.1) is 5.92 Å². The van der Waals surface area contributed by atoms with Crippen LogP contribution in [0.2, 0.25) is 0 Å². The van der Waals surface area contributed by atoms with Gasteiger partial charge in [-0.25, -0.2) is 14.4 Å². The van der Waals surface area contributed by atoms with E-state index < -0.39 is 23.8 Å². The Kier molecular flexibility index (Phi) is 11.7. The number of rotatable bonds is 13. The van der Waals surface area contributed by atoms with E-state index in [0.29, 0.717) is 19.6 Å². The predicted octanol–water partition coefficient (Wildman–Crippen LogP) is 2.89. The highest BCUT2D eigenvalue weighted by atomic mass is 16.5. The van der Waals surface area contributed by atoms with Crippen molar-refractivity contribution in [3.63, 3.8) is 0 Å². The third kappa shape index (κ3) is 10.4. The van der Waals surface area contributed by atoms with Crippen molar-refractivity contribution in [3.05, 3.63) is 35.5 Å². The lowest BCUT2D eigenvalue weighted by atomic mass is 9.91. The van der Waals surface area contributed by atoms with Gasteiger partial charge in [-0.1, -0.05) is 32.1 Å². The van der Waals surface area contributed by atoms with Gasteiger partial charge in [0.1, 0.15) is 0 Å². The largest absolute Gasteiger partial charge is 0.478 e. The van der Waals surface area contributed by atoms with Gasteiger partial charge < -0.3 is 19.8 Å². The third-order valence-electron chi connectivity index (χ3n) is 3.91. The molecular formula is C20H31NO6. The van der Waals surface area contributed by atoms with Crippen LogP contribution in [0.25, 0.3) is 0 Å². The summed E-state index contributed by atoms with van der Waals surface area (Å²) < 4.78 is 5.06. The van der Waals surface area contributed by atoms with E-state index in [1.807, 2.05) is 25.9 Å². The lowest BCUT2D eigenvalue weighted by molar-refractivity contribution is -0.139. The topological polar surface area (TPSA) is 104 Å². The Morgan fingerprint density at radius 1 is 1.19 bits per heavy atom. The Labute approximate surface area is 161 Å². The maximum Gasteiger partial charge on any atom is 0.333 e. The molecule has 7 heteroatoms. The van der Waals surface area contributed by atoms with Crippen LogP contribution in [-0.4, -0.2) is 60.3 Å². The van der Waals surface area contributed by atoms with Gasteiger partial charge in [0.15, 0.2) is 0 Å². The van der Waals surface area contributed by atoms with E-state index >= 15 is 0 Å². The fourth-order valence-electron chi connectivity index (χ4n) is 2.22. The average Bonchev–Trinajstić information content (AvgIpc) is 2.58. The van der Waals surface area contributed by atoms with Crippen LogP contribution in [0.15, 0.2) is 35.5 Å². The van der Waals surface area contributed by atoms with Gasteiger partial charge in [0, 0.05) is 22.6 Å². The van der Waals surface area contributed by atoms with Gasteiger partial charge >= 0.3 is 17.9 Å². The number of carbonyl (C=O) groups is 3. The summed E-state index contributed by atoms with van der Waals surface area (Å²) in [7, 11) is 3.70. The van der Waals surface area contributed by atoms with Crippen LogP contribution >= 0.6 is 0 Å². The molecule has 0 spiro atoms. The second kappa shape index (κ2) is 12.9. The van der Waals surface area contributed by atoms with Gasteiger partial charge in [0.2, 0.25) is 0 Å². The summed E-state index contributed by atoms with van der Waals surface area (Å²) in [4.78, 5) is 36.6. The number of carboxylic acids is 2. The first-order valence-corrected chi connectivity index (χ1v) is 8.94. The second-order valence-corrected chi connectivity index (χ2v) is 6.62. The van der Waals surface area contributed by atoms with E-state index in [2.05, 4.69) is 6.58 Å². The monoisotopic (exact) mass is 381 g/mol. The number of carbonyl (C=O) groups excluding carboxylic acids is 1. The molecule has 0 rings (SSSR count). The number of hydrogen-bond donors (Lipinski definition) is 2. The molecule has 0 bridgehead atoms. The first-order valence-electron chi connectivity index (χ1n) is 8.94. The standard InChI is InChI=1S/C20H31NO6/c1-6-7-12-27-20(26)14(2)8-9-17(19(24)25)16(10-11-21(4)5)13-15(3)18(22)23/h9,13,16H,2,6-8,10-12H2,1,3-5H3,(H,22,23)(H,24,25). The maximum absolute atomic E-state index is 11.9. The summed E-state index contributed by atoms with van der Waals surface area (Å²) in [6.45, 7) is 7.94. The molecular weight excluding hydrogens is 350 g/mol. The van der Waals surface area contributed by atoms with E-state index in [-0.39, 0.29) is 23.1 Å². The minimum atomic E-state index is -1.15. The summed E-state index contributed by atoms with van der Waals surface area (Å²) in [5, 5.41) is 18.7. The fourth-order valence-corrected chi connectivity index (χ4v) is 2.22. The quantitative estimate of drug-likeness (QED) is 0.287. The Balaban J connectivity index is 5.38. The molecule has 0 aromatic heterocycles. The number of ether oxygens (including phenoxy) is 1. The molecule has 0 saturated heterocycles. The number of carboxylic acid groups (broad SMARTS) is 2. The molecule has 0 aromatic carbocycles. The Morgan fingerprint density at radius 3 is 2.30 bits per heavy atom. The highest BCUT2D eigenvalue weighted by Crippen LogP contribution is 2.22. The number of allylic oxidation sites excluding steroid dienone is 2. The number of esters is 1. The second-order valence-electron chi connectivity index (χ2n) is 6.62. The van der Waals surface area contributed by atoms with Crippen LogP contribution in [0.5, 0.6) is 0 Å². The lowest BCUT2D eigenvalue weighted by Gasteiger charge is -2.18. The van der Waals surface area contributed by atoms with E-state index in [0.717, 1.165) is 12.8 Å². The van der Waals surface area contributed by atoms with E-state index in [9.17, 15) is 19.5 Å². The molecule has 1 atom stereocenters. The number of aliphatic carboxylic acids is 2. The molecule has 0 amide bonds. The molecule has 0 heterocycles. The number of nitrogens with zero attached hydrogens (tertiary/aromatic N) is 1. The number of hydrogen-bond acceptors (Lipinski definition) is 5. The van der Waals surface area contributed by atoms with Crippen molar-refractivity contribution < 1.29 is 29.3 Å². The fraction of sp³-hybridized carbons (Fsp3) is 0.550. The Hall–Kier alpha value is -2.41. The summed E-state index contributed by atoms with van der Waals surface area (Å²) in [5.41, 5.74) is 0.277. The molecule has 1 unspecified atom stereocenters. The zero-order valence-corrected chi connectivity index (χ0v) is 16.7. The van der Waals surface area contributed by atoms with E-state index in [4.69, 9.17) is 9.84 Å². The summed E-state index contributed by atoms with van der Waals surface area (Å²) >= 11 is 0. The van der Waals surface area contributed by atoms with Crippen molar-refractivity contribution in [2.45, 2.75) is 39.5 Å². The summed E-state index contributed by atoms with van der Waals surface area (Å²) in [5.74, 6) is -3.39. The number of unbranched alkanes of at least 4 members (excludes halogenated alkanes) is 1. The minimum Gasteiger partial charge on any atom is -0.478 e. The zero-order valence-electron chi connectivity index (χ0n) is 16.7. The average molecular weight is 381 g/mol. The molecule has 0 aliphatic rings. The Bertz CT molecular complexity index is 604. The normalized spacial score (nSPS) is 13.4. The zero-order chi connectivity index (χ0) is 21.0. The molecule has 0 radical (unpaired) electrons. The maximum atomic E-state index is 11.9. The SMILES string of the molecule is C=C(CC=C(C(=O)O)C(C=C(C)C(=O)O)CCN(C)C)C(=O)OCCCC. The van der Waals surface area contributed by atoms with Crippen LogP contribution < -0.4 is 0 Å². The smallest absolute Gasteiger partial charge is 0.333 e. The van der Waals surface area contributed by atoms with Crippen molar-refractivity contribution in [1.29, 1.82) is 0 Å². The van der Waals surface area contributed by atoms with Crippen molar-refractivity contribution in [1.82, 2.24) is 4.90 Å². The molecule has 0 aromatic rings. The minimum absolute atomic E-state index is 0.0328. The first kappa shape index (κ1) is 24.6. The molecule has 2 N–H and O–H groups in total. The van der Waals surface area contributed by atoms with Gasteiger partial charge in [0.05, 0.1) is 6.61 Å². The summed E-state index contributed by atoms with van der Waals surface area (Å²) in [6.07, 6.45) is 4.97. The molecule has 27 heavy (non-hydrogen) atoms. The lowest BCUT2D eigenvalue weighted by Crippen LogP contribution is -2.20. The van der Waals surface area contributed by atoms with Crippen molar-refractivity contribution in [3.8, 4) is 0 Å². The van der Waals surface area contributed by atoms with Gasteiger partial charge in [-0.3, -0.25) is 0 Å². The molecule has 0 saturated carbocycles. The molecule has 152 valence electrons. The van der Waals surface area contributed by atoms with Gasteiger partial charge in [-0.15, -0.1) is 0 Å². The third-order valence-corrected chi connectivity index (χ3v) is 3.91. The highest BCUT2D eigenvalue weighted by molar-refractivity contribution is 5.91. The molecule has 0 aliphatic carbocycles. The van der Waals surface area contributed by atoms with E-state index in [1.54, 1.807) is 0 Å². The van der Waals surface area contributed by atoms with Gasteiger partial charge in [0.25, 0.3) is 0 Å².